The minimum atomic E-state index is -0.237. The number of Topliss-reactive ketones (excluding diaryl/α,β-unsaturated/α-hetero) is 2. The Labute approximate surface area is 188 Å². The second-order valence-corrected chi connectivity index (χ2v) is 8.71. The zero-order chi connectivity index (χ0) is 23.7. The van der Waals surface area contributed by atoms with Gasteiger partial charge in [-0.25, -0.2) is 0 Å². The van der Waals surface area contributed by atoms with Crippen molar-refractivity contribution in [1.29, 1.82) is 0 Å². The SMILES string of the molecule is CC(=O)CCc1c(C)[nH]c(C2=CC(=O)C(c3[nH]c(C)c(CCC(C)=O)c3C)=CC2=O)c1C. The van der Waals surface area contributed by atoms with Gasteiger partial charge in [0.1, 0.15) is 11.6 Å². The highest BCUT2D eigenvalue weighted by Crippen LogP contribution is 2.33. The van der Waals surface area contributed by atoms with Gasteiger partial charge in [-0.05, 0) is 88.8 Å². The average molecular weight is 435 g/mol. The monoisotopic (exact) mass is 434 g/mol. The van der Waals surface area contributed by atoms with E-state index in [1.807, 2.05) is 27.7 Å². The number of aromatic amines is 2. The van der Waals surface area contributed by atoms with Gasteiger partial charge in [-0.3, -0.25) is 9.59 Å². The largest absolute Gasteiger partial charge is 0.358 e. The molecule has 0 radical (unpaired) electrons. The minimum Gasteiger partial charge on any atom is -0.358 e. The third-order valence-electron chi connectivity index (χ3n) is 6.26. The summed E-state index contributed by atoms with van der Waals surface area (Å²) in [6.07, 6.45) is 4.87. The normalized spacial score (nSPS) is 13.9. The van der Waals surface area contributed by atoms with Gasteiger partial charge < -0.3 is 19.6 Å². The van der Waals surface area contributed by atoms with Crippen molar-refractivity contribution in [3.63, 3.8) is 0 Å². The molecule has 0 saturated carbocycles. The lowest BCUT2D eigenvalue weighted by Gasteiger charge is -2.13. The molecule has 0 atom stereocenters. The molecule has 3 rings (SSSR count). The molecule has 0 aliphatic heterocycles. The van der Waals surface area contributed by atoms with Crippen molar-refractivity contribution in [2.24, 2.45) is 0 Å². The average Bonchev–Trinajstić information content (AvgIpc) is 3.14. The van der Waals surface area contributed by atoms with Gasteiger partial charge in [-0.2, -0.15) is 0 Å². The smallest absolute Gasteiger partial charge is 0.188 e. The first-order valence-corrected chi connectivity index (χ1v) is 10.9. The summed E-state index contributed by atoms with van der Waals surface area (Å²) >= 11 is 0. The highest BCUT2D eigenvalue weighted by molar-refractivity contribution is 6.43. The molecule has 0 saturated heterocycles. The zero-order valence-corrected chi connectivity index (χ0v) is 19.6. The highest BCUT2D eigenvalue weighted by Gasteiger charge is 2.28. The van der Waals surface area contributed by atoms with Crippen LogP contribution in [0.4, 0.5) is 0 Å². The summed E-state index contributed by atoms with van der Waals surface area (Å²) < 4.78 is 0. The number of allylic oxidation sites excluding steroid dienone is 4. The van der Waals surface area contributed by atoms with E-state index < -0.39 is 0 Å². The molecule has 6 nitrogen and oxygen atoms in total. The van der Waals surface area contributed by atoms with E-state index in [2.05, 4.69) is 9.97 Å². The van der Waals surface area contributed by atoms with Crippen LogP contribution in [-0.2, 0) is 32.0 Å². The molecule has 2 N–H and O–H groups in total. The summed E-state index contributed by atoms with van der Waals surface area (Å²) in [5.41, 5.74) is 7.57. The van der Waals surface area contributed by atoms with Crippen molar-refractivity contribution >= 4 is 34.3 Å². The van der Waals surface area contributed by atoms with Crippen LogP contribution in [0, 0.1) is 27.7 Å². The molecule has 168 valence electrons. The molecule has 2 aromatic heterocycles. The van der Waals surface area contributed by atoms with Crippen molar-refractivity contribution in [3.8, 4) is 0 Å². The lowest BCUT2D eigenvalue weighted by atomic mass is 9.90. The summed E-state index contributed by atoms with van der Waals surface area (Å²) in [6, 6.07) is 0. The number of H-pyrrole nitrogens is 2. The van der Waals surface area contributed by atoms with Gasteiger partial charge in [0.25, 0.3) is 0 Å². The fourth-order valence-corrected chi connectivity index (χ4v) is 4.42. The van der Waals surface area contributed by atoms with Gasteiger partial charge in [0.2, 0.25) is 0 Å². The zero-order valence-electron chi connectivity index (χ0n) is 19.6. The van der Waals surface area contributed by atoms with Crippen molar-refractivity contribution in [1.82, 2.24) is 9.97 Å². The van der Waals surface area contributed by atoms with Crippen LogP contribution in [0.3, 0.4) is 0 Å². The molecule has 0 bridgehead atoms. The molecular formula is C26H30N2O4. The summed E-state index contributed by atoms with van der Waals surface area (Å²) in [6.45, 7) is 10.8. The van der Waals surface area contributed by atoms with Crippen molar-refractivity contribution < 1.29 is 19.2 Å². The Morgan fingerprint density at radius 2 is 1.03 bits per heavy atom. The molecule has 0 aromatic carbocycles. The third-order valence-corrected chi connectivity index (χ3v) is 6.26. The fraction of sp³-hybridized carbons (Fsp3) is 0.385. The number of ketones is 4. The summed E-state index contributed by atoms with van der Waals surface area (Å²) in [5.74, 6) is -0.249. The Kier molecular flexibility index (Phi) is 6.63. The maximum atomic E-state index is 13.1. The molecule has 0 fully saturated rings. The van der Waals surface area contributed by atoms with Crippen molar-refractivity contribution in [2.75, 3.05) is 0 Å². The molecule has 1 aliphatic rings. The lowest BCUT2D eigenvalue weighted by Crippen LogP contribution is -2.13. The van der Waals surface area contributed by atoms with Gasteiger partial charge in [0, 0.05) is 35.4 Å². The van der Waals surface area contributed by atoms with Crippen LogP contribution in [0.1, 0.15) is 71.7 Å². The maximum absolute atomic E-state index is 13.1. The Balaban J connectivity index is 1.93. The molecule has 0 amide bonds. The Hall–Kier alpha value is -3.28. The van der Waals surface area contributed by atoms with Crippen LogP contribution in [0.2, 0.25) is 0 Å². The molecule has 32 heavy (non-hydrogen) atoms. The number of rotatable bonds is 8. The molecule has 6 heteroatoms. The maximum Gasteiger partial charge on any atom is 0.188 e. The van der Waals surface area contributed by atoms with E-state index in [0.29, 0.717) is 48.2 Å². The van der Waals surface area contributed by atoms with E-state index in [0.717, 1.165) is 33.6 Å². The van der Waals surface area contributed by atoms with E-state index in [9.17, 15) is 19.2 Å². The number of carbonyl (C=O) groups is 4. The topological polar surface area (TPSA) is 99.9 Å². The number of nitrogens with one attached hydrogen (secondary N) is 2. The first kappa shape index (κ1) is 23.4. The fourth-order valence-electron chi connectivity index (χ4n) is 4.42. The predicted octanol–water partition coefficient (Wildman–Crippen LogP) is 4.24. The standard InChI is InChI=1S/C26H30N2O4/c1-13(29)7-9-19-15(3)25(27-17(19)5)21-11-24(32)22(12-23(21)31)26-16(4)20(18(6)28-26)10-8-14(2)30/h11-12,27-28H,7-10H2,1-6H3. The van der Waals surface area contributed by atoms with Gasteiger partial charge in [0.15, 0.2) is 11.6 Å². The predicted molar refractivity (Wildman–Crippen MR) is 125 cm³/mol. The van der Waals surface area contributed by atoms with Gasteiger partial charge in [-0.1, -0.05) is 0 Å². The summed E-state index contributed by atoms with van der Waals surface area (Å²) in [7, 11) is 0. The highest BCUT2D eigenvalue weighted by atomic mass is 16.1. The molecule has 1 aliphatic carbocycles. The van der Waals surface area contributed by atoms with Crippen LogP contribution in [-0.4, -0.2) is 33.1 Å². The van der Waals surface area contributed by atoms with Crippen LogP contribution < -0.4 is 0 Å². The summed E-state index contributed by atoms with van der Waals surface area (Å²) in [4.78, 5) is 55.4. The molecular weight excluding hydrogens is 404 g/mol. The Morgan fingerprint density at radius 1 is 0.688 bits per heavy atom. The number of hydrogen-bond donors (Lipinski definition) is 2. The van der Waals surface area contributed by atoms with Crippen LogP contribution >= 0.6 is 0 Å². The van der Waals surface area contributed by atoms with E-state index in [4.69, 9.17) is 0 Å². The second-order valence-electron chi connectivity index (χ2n) is 8.71. The molecule has 2 heterocycles. The number of aromatic nitrogens is 2. The molecule has 2 aromatic rings. The van der Waals surface area contributed by atoms with Crippen molar-refractivity contribution in [3.05, 3.63) is 57.2 Å². The second kappa shape index (κ2) is 9.07. The third kappa shape index (κ3) is 4.49. The first-order chi connectivity index (χ1) is 15.0. The molecule has 0 unspecified atom stereocenters. The number of aryl methyl sites for hydroxylation is 2. The van der Waals surface area contributed by atoms with E-state index in [1.165, 1.54) is 12.2 Å². The molecule has 0 spiro atoms. The first-order valence-electron chi connectivity index (χ1n) is 10.9. The number of carbonyl (C=O) groups excluding carboxylic acids is 4. The van der Waals surface area contributed by atoms with E-state index in [1.54, 1.807) is 13.8 Å². The van der Waals surface area contributed by atoms with Gasteiger partial charge >= 0.3 is 0 Å². The van der Waals surface area contributed by atoms with Crippen LogP contribution in [0.15, 0.2) is 12.2 Å². The van der Waals surface area contributed by atoms with E-state index >= 15 is 0 Å². The van der Waals surface area contributed by atoms with E-state index in [-0.39, 0.29) is 23.1 Å². The minimum absolute atomic E-state index is 0.113. The van der Waals surface area contributed by atoms with Gasteiger partial charge in [0.05, 0.1) is 11.4 Å². The van der Waals surface area contributed by atoms with Crippen LogP contribution in [0.5, 0.6) is 0 Å². The van der Waals surface area contributed by atoms with Crippen molar-refractivity contribution in [2.45, 2.75) is 67.2 Å². The van der Waals surface area contributed by atoms with Gasteiger partial charge in [-0.15, -0.1) is 0 Å². The lowest BCUT2D eigenvalue weighted by molar-refractivity contribution is -0.117. The quantitative estimate of drug-likeness (QED) is 0.607. The summed E-state index contributed by atoms with van der Waals surface area (Å²) in [5, 5.41) is 0. The Morgan fingerprint density at radius 3 is 1.34 bits per heavy atom. The number of hydrogen-bond acceptors (Lipinski definition) is 4. The Bertz CT molecular complexity index is 1110. The van der Waals surface area contributed by atoms with Crippen LogP contribution in [0.25, 0.3) is 11.1 Å².